The summed E-state index contributed by atoms with van der Waals surface area (Å²) in [6.45, 7) is -0.386. The van der Waals surface area contributed by atoms with Crippen LogP contribution in [0.1, 0.15) is 33.2 Å². The number of aliphatic hydroxyl groups excluding tert-OH is 1. The molecule has 24 heavy (non-hydrogen) atoms. The van der Waals surface area contributed by atoms with Crippen LogP contribution in [0.5, 0.6) is 0 Å². The van der Waals surface area contributed by atoms with E-state index in [1.165, 1.54) is 36.4 Å². The van der Waals surface area contributed by atoms with Crippen molar-refractivity contribution in [2.45, 2.75) is 12.3 Å². The Balaban J connectivity index is 2.10. The van der Waals surface area contributed by atoms with Crippen molar-refractivity contribution in [3.05, 3.63) is 70.8 Å². The van der Waals surface area contributed by atoms with Gasteiger partial charge in [-0.25, -0.2) is 0 Å². The van der Waals surface area contributed by atoms with E-state index in [2.05, 4.69) is 5.32 Å². The minimum Gasteiger partial charge on any atom is -0.387 e. The van der Waals surface area contributed by atoms with E-state index in [1.807, 2.05) is 6.07 Å². The average Bonchev–Trinajstić information content (AvgIpc) is 2.58. The van der Waals surface area contributed by atoms with E-state index in [9.17, 15) is 23.1 Å². The Morgan fingerprint density at radius 2 is 1.92 bits per heavy atom. The van der Waals surface area contributed by atoms with Gasteiger partial charge in [-0.15, -0.1) is 0 Å². The molecule has 0 unspecified atom stereocenters. The van der Waals surface area contributed by atoms with E-state index in [1.54, 1.807) is 0 Å². The number of nitrogens with zero attached hydrogens (tertiary/aromatic N) is 1. The van der Waals surface area contributed by atoms with Crippen molar-refractivity contribution in [1.29, 1.82) is 5.26 Å². The maximum atomic E-state index is 12.9. The zero-order valence-corrected chi connectivity index (χ0v) is 12.3. The highest BCUT2D eigenvalue weighted by Gasteiger charge is 2.34. The quantitative estimate of drug-likeness (QED) is 0.903. The highest BCUT2D eigenvalue weighted by Crippen LogP contribution is 2.34. The number of carbonyl (C=O) groups excluding carboxylic acids is 1. The largest absolute Gasteiger partial charge is 0.416 e. The lowest BCUT2D eigenvalue weighted by molar-refractivity contribution is -0.139. The van der Waals surface area contributed by atoms with Gasteiger partial charge in [-0.2, -0.15) is 18.4 Å². The normalized spacial score (nSPS) is 12.3. The summed E-state index contributed by atoms with van der Waals surface area (Å²) in [5, 5.41) is 21.1. The lowest BCUT2D eigenvalue weighted by Gasteiger charge is -2.18. The molecule has 4 nitrogen and oxygen atoms in total. The molecule has 0 saturated carbocycles. The molecule has 0 aliphatic carbocycles. The maximum absolute atomic E-state index is 12.9. The third-order valence-electron chi connectivity index (χ3n) is 3.34. The second-order valence-electron chi connectivity index (χ2n) is 5.00. The van der Waals surface area contributed by atoms with Crippen molar-refractivity contribution >= 4 is 5.91 Å². The van der Waals surface area contributed by atoms with Gasteiger partial charge < -0.3 is 10.4 Å². The van der Waals surface area contributed by atoms with Crippen LogP contribution in [0.15, 0.2) is 48.5 Å². The van der Waals surface area contributed by atoms with Gasteiger partial charge in [0, 0.05) is 12.1 Å². The Morgan fingerprint density at radius 1 is 1.21 bits per heavy atom. The fourth-order valence-electron chi connectivity index (χ4n) is 2.18. The van der Waals surface area contributed by atoms with Crippen LogP contribution >= 0.6 is 0 Å². The highest BCUT2D eigenvalue weighted by atomic mass is 19.4. The standard InChI is InChI=1S/C17H13F3N2O2/c18-17(19,20)14-7-2-1-6-13(14)15(23)10-22-16(24)12-5-3-4-11(8-12)9-21/h1-8,15,23H,10H2,(H,22,24)/t15-/m0/s1. The third-order valence-corrected chi connectivity index (χ3v) is 3.34. The van der Waals surface area contributed by atoms with Gasteiger partial charge in [-0.3, -0.25) is 4.79 Å². The molecule has 2 aromatic rings. The molecular weight excluding hydrogens is 321 g/mol. The highest BCUT2D eigenvalue weighted by molar-refractivity contribution is 5.94. The van der Waals surface area contributed by atoms with E-state index >= 15 is 0 Å². The van der Waals surface area contributed by atoms with Crippen molar-refractivity contribution in [2.24, 2.45) is 0 Å². The van der Waals surface area contributed by atoms with Crippen LogP contribution in [-0.2, 0) is 6.18 Å². The fraction of sp³-hybridized carbons (Fsp3) is 0.176. The second kappa shape index (κ2) is 7.15. The molecule has 2 rings (SSSR count). The number of carbonyl (C=O) groups is 1. The van der Waals surface area contributed by atoms with Gasteiger partial charge in [0.05, 0.1) is 23.3 Å². The smallest absolute Gasteiger partial charge is 0.387 e. The SMILES string of the molecule is N#Cc1cccc(C(=O)NC[C@H](O)c2ccccc2C(F)(F)F)c1. The Labute approximate surface area is 136 Å². The van der Waals surface area contributed by atoms with E-state index in [-0.39, 0.29) is 23.2 Å². The molecule has 0 heterocycles. The number of alkyl halides is 3. The minimum absolute atomic E-state index is 0.186. The van der Waals surface area contributed by atoms with Crippen molar-refractivity contribution in [2.75, 3.05) is 6.54 Å². The number of halogens is 3. The Bertz CT molecular complexity index is 782. The molecule has 0 bridgehead atoms. The maximum Gasteiger partial charge on any atom is 0.416 e. The molecule has 0 aromatic heterocycles. The number of nitrogens with one attached hydrogen (secondary N) is 1. The van der Waals surface area contributed by atoms with Gasteiger partial charge in [-0.05, 0) is 29.8 Å². The predicted octanol–water partition coefficient (Wildman–Crippen LogP) is 3.04. The summed E-state index contributed by atoms with van der Waals surface area (Å²) < 4.78 is 38.8. The Kier molecular flexibility index (Phi) is 5.21. The van der Waals surface area contributed by atoms with Crippen LogP contribution in [0.2, 0.25) is 0 Å². The lowest BCUT2D eigenvalue weighted by Crippen LogP contribution is -2.29. The number of rotatable bonds is 4. The Morgan fingerprint density at radius 3 is 2.58 bits per heavy atom. The van der Waals surface area contributed by atoms with Crippen molar-refractivity contribution in [1.82, 2.24) is 5.32 Å². The predicted molar refractivity (Wildman–Crippen MR) is 79.9 cm³/mol. The number of nitriles is 1. The molecule has 7 heteroatoms. The first kappa shape index (κ1) is 17.5. The number of aliphatic hydroxyl groups is 1. The number of amides is 1. The molecule has 0 aliphatic rings. The minimum atomic E-state index is -4.59. The third kappa shape index (κ3) is 4.12. The van der Waals surface area contributed by atoms with Crippen molar-refractivity contribution < 1.29 is 23.1 Å². The van der Waals surface area contributed by atoms with Gasteiger partial charge in [0.15, 0.2) is 0 Å². The average molecular weight is 334 g/mol. The number of hydrogen-bond acceptors (Lipinski definition) is 3. The van der Waals surface area contributed by atoms with Crippen LogP contribution in [0, 0.1) is 11.3 Å². The summed E-state index contributed by atoms with van der Waals surface area (Å²) in [6, 6.07) is 12.4. The van der Waals surface area contributed by atoms with E-state index in [4.69, 9.17) is 5.26 Å². The van der Waals surface area contributed by atoms with Crippen LogP contribution in [-0.4, -0.2) is 17.6 Å². The summed E-state index contributed by atoms with van der Waals surface area (Å²) >= 11 is 0. The molecule has 0 aliphatic heterocycles. The molecule has 0 fully saturated rings. The van der Waals surface area contributed by atoms with Crippen LogP contribution in [0.3, 0.4) is 0 Å². The van der Waals surface area contributed by atoms with Crippen LogP contribution in [0.25, 0.3) is 0 Å². The summed E-state index contributed by atoms with van der Waals surface area (Å²) in [5.74, 6) is -0.587. The molecule has 0 saturated heterocycles. The van der Waals surface area contributed by atoms with Gasteiger partial charge in [0.25, 0.3) is 5.91 Å². The second-order valence-corrected chi connectivity index (χ2v) is 5.00. The summed E-state index contributed by atoms with van der Waals surface area (Å²) in [6.07, 6.45) is -6.10. The molecule has 2 aromatic carbocycles. The molecule has 124 valence electrons. The van der Waals surface area contributed by atoms with Crippen LogP contribution in [0.4, 0.5) is 13.2 Å². The first-order chi connectivity index (χ1) is 11.3. The molecule has 2 N–H and O–H groups in total. The van der Waals surface area contributed by atoms with E-state index in [0.29, 0.717) is 0 Å². The van der Waals surface area contributed by atoms with Crippen molar-refractivity contribution in [3.8, 4) is 6.07 Å². The van der Waals surface area contributed by atoms with Gasteiger partial charge >= 0.3 is 6.18 Å². The zero-order valence-electron chi connectivity index (χ0n) is 12.3. The lowest BCUT2D eigenvalue weighted by atomic mass is 10.0. The van der Waals surface area contributed by atoms with E-state index < -0.39 is 23.8 Å². The first-order valence-electron chi connectivity index (χ1n) is 6.95. The molecule has 0 spiro atoms. The monoisotopic (exact) mass is 334 g/mol. The number of benzene rings is 2. The van der Waals surface area contributed by atoms with Gasteiger partial charge in [0.1, 0.15) is 0 Å². The topological polar surface area (TPSA) is 73.1 Å². The summed E-state index contributed by atoms with van der Waals surface area (Å²) in [5.41, 5.74) is -0.787. The zero-order chi connectivity index (χ0) is 17.7. The summed E-state index contributed by atoms with van der Waals surface area (Å²) in [4.78, 5) is 12.0. The Hall–Kier alpha value is -2.85. The summed E-state index contributed by atoms with van der Waals surface area (Å²) in [7, 11) is 0. The van der Waals surface area contributed by atoms with E-state index in [0.717, 1.165) is 12.1 Å². The van der Waals surface area contributed by atoms with Gasteiger partial charge in [-0.1, -0.05) is 24.3 Å². The molecule has 1 atom stereocenters. The van der Waals surface area contributed by atoms with Crippen molar-refractivity contribution in [3.63, 3.8) is 0 Å². The molecular formula is C17H13F3N2O2. The number of hydrogen-bond donors (Lipinski definition) is 2. The molecule has 1 amide bonds. The first-order valence-corrected chi connectivity index (χ1v) is 6.95. The van der Waals surface area contributed by atoms with Crippen LogP contribution < -0.4 is 5.32 Å². The fourth-order valence-corrected chi connectivity index (χ4v) is 2.18. The van der Waals surface area contributed by atoms with Gasteiger partial charge in [0.2, 0.25) is 0 Å². The molecule has 0 radical (unpaired) electrons.